The first-order chi connectivity index (χ1) is 11.9. The van der Waals surface area contributed by atoms with E-state index in [4.69, 9.17) is 9.47 Å². The lowest BCUT2D eigenvalue weighted by Gasteiger charge is -2.13. The highest BCUT2D eigenvalue weighted by Gasteiger charge is 2.14. The molecule has 0 aliphatic carbocycles. The Bertz CT molecular complexity index is 961. The second-order valence-electron chi connectivity index (χ2n) is 5.48. The Balaban J connectivity index is 1.88. The van der Waals surface area contributed by atoms with Gasteiger partial charge in [-0.05, 0) is 17.5 Å². The quantitative estimate of drug-likeness (QED) is 0.568. The topological polar surface area (TPSA) is 60.0 Å². The van der Waals surface area contributed by atoms with Crippen molar-refractivity contribution >= 4 is 21.8 Å². The molecule has 24 heavy (non-hydrogen) atoms. The molecule has 0 bridgehead atoms. The van der Waals surface area contributed by atoms with Gasteiger partial charge >= 0.3 is 0 Å². The first-order valence-corrected chi connectivity index (χ1v) is 7.80. The van der Waals surface area contributed by atoms with Gasteiger partial charge in [-0.3, -0.25) is 4.98 Å². The van der Waals surface area contributed by atoms with Crippen molar-refractivity contribution in [1.82, 2.24) is 15.0 Å². The molecule has 0 aliphatic rings. The Morgan fingerprint density at radius 3 is 2.83 bits per heavy atom. The predicted molar refractivity (Wildman–Crippen MR) is 94.2 cm³/mol. The van der Waals surface area contributed by atoms with Gasteiger partial charge in [-0.15, -0.1) is 0 Å². The highest BCUT2D eigenvalue weighted by atomic mass is 16.5. The SMILES string of the molecule is COCCOc1c(-c2nc3cnccc3[nH]2)ccc2ccccc12. The summed E-state index contributed by atoms with van der Waals surface area (Å²) in [7, 11) is 1.67. The first-order valence-electron chi connectivity index (χ1n) is 7.80. The van der Waals surface area contributed by atoms with Crippen molar-refractivity contribution in [2.75, 3.05) is 20.3 Å². The largest absolute Gasteiger partial charge is 0.490 e. The molecule has 0 amide bonds. The van der Waals surface area contributed by atoms with Crippen LogP contribution in [0.5, 0.6) is 5.75 Å². The number of benzene rings is 2. The van der Waals surface area contributed by atoms with Crippen molar-refractivity contribution in [1.29, 1.82) is 0 Å². The van der Waals surface area contributed by atoms with Crippen LogP contribution in [0.3, 0.4) is 0 Å². The molecule has 2 aromatic carbocycles. The van der Waals surface area contributed by atoms with Crippen LogP contribution in [0, 0.1) is 0 Å². The second-order valence-corrected chi connectivity index (χ2v) is 5.48. The van der Waals surface area contributed by atoms with E-state index in [9.17, 15) is 0 Å². The molecule has 0 atom stereocenters. The van der Waals surface area contributed by atoms with Gasteiger partial charge in [-0.1, -0.05) is 30.3 Å². The van der Waals surface area contributed by atoms with Gasteiger partial charge < -0.3 is 14.5 Å². The number of imidazole rings is 1. The standard InChI is InChI=1S/C19H17N3O2/c1-23-10-11-24-18-14-5-3-2-4-13(14)6-7-15(18)19-21-16-8-9-20-12-17(16)22-19/h2-9,12H,10-11H2,1H3,(H,21,22). The number of fused-ring (bicyclic) bond motifs is 2. The molecule has 5 heteroatoms. The summed E-state index contributed by atoms with van der Waals surface area (Å²) in [5.74, 6) is 1.59. The van der Waals surface area contributed by atoms with Crippen LogP contribution in [0.4, 0.5) is 0 Å². The van der Waals surface area contributed by atoms with Crippen LogP contribution in [0.2, 0.25) is 0 Å². The third kappa shape index (κ3) is 2.59. The van der Waals surface area contributed by atoms with Gasteiger partial charge in [0.25, 0.3) is 0 Å². The first kappa shape index (κ1) is 14.7. The van der Waals surface area contributed by atoms with Crippen molar-refractivity contribution in [3.8, 4) is 17.1 Å². The number of ether oxygens (including phenoxy) is 2. The summed E-state index contributed by atoms with van der Waals surface area (Å²) in [6.07, 6.45) is 3.50. The normalized spacial score (nSPS) is 11.2. The van der Waals surface area contributed by atoms with E-state index >= 15 is 0 Å². The van der Waals surface area contributed by atoms with E-state index in [2.05, 4.69) is 33.2 Å². The van der Waals surface area contributed by atoms with Crippen molar-refractivity contribution in [3.63, 3.8) is 0 Å². The molecule has 0 fully saturated rings. The van der Waals surface area contributed by atoms with E-state index < -0.39 is 0 Å². The van der Waals surface area contributed by atoms with Gasteiger partial charge in [-0.2, -0.15) is 0 Å². The summed E-state index contributed by atoms with van der Waals surface area (Å²) in [5, 5.41) is 2.19. The van der Waals surface area contributed by atoms with Crippen LogP contribution < -0.4 is 4.74 Å². The Morgan fingerprint density at radius 2 is 1.96 bits per heavy atom. The summed E-state index contributed by atoms with van der Waals surface area (Å²) in [6, 6.07) is 14.2. The third-order valence-electron chi connectivity index (χ3n) is 3.95. The van der Waals surface area contributed by atoms with Crippen molar-refractivity contribution in [2.24, 2.45) is 0 Å². The molecule has 0 unspecified atom stereocenters. The number of hydrogen-bond donors (Lipinski definition) is 1. The number of aromatic amines is 1. The predicted octanol–water partition coefficient (Wildman–Crippen LogP) is 3.80. The zero-order valence-corrected chi connectivity index (χ0v) is 13.3. The Labute approximate surface area is 139 Å². The molecule has 4 rings (SSSR count). The van der Waals surface area contributed by atoms with Crippen molar-refractivity contribution in [3.05, 3.63) is 54.9 Å². The average Bonchev–Trinajstić information content (AvgIpc) is 3.06. The Kier molecular flexibility index (Phi) is 3.84. The number of nitrogens with one attached hydrogen (secondary N) is 1. The fourth-order valence-corrected chi connectivity index (χ4v) is 2.80. The van der Waals surface area contributed by atoms with E-state index in [0.717, 1.165) is 38.9 Å². The van der Waals surface area contributed by atoms with Crippen LogP contribution in [-0.4, -0.2) is 35.3 Å². The number of H-pyrrole nitrogens is 1. The summed E-state index contributed by atoms with van der Waals surface area (Å²) in [6.45, 7) is 1.02. The number of methoxy groups -OCH3 is 1. The minimum absolute atomic E-state index is 0.485. The molecule has 0 radical (unpaired) electrons. The van der Waals surface area contributed by atoms with Gasteiger partial charge in [-0.25, -0.2) is 4.98 Å². The molecule has 0 saturated carbocycles. The van der Waals surface area contributed by atoms with Crippen LogP contribution >= 0.6 is 0 Å². The number of hydrogen-bond acceptors (Lipinski definition) is 4. The molecular formula is C19H17N3O2. The van der Waals surface area contributed by atoms with E-state index in [1.807, 2.05) is 24.3 Å². The third-order valence-corrected chi connectivity index (χ3v) is 3.95. The summed E-state index contributed by atoms with van der Waals surface area (Å²) in [4.78, 5) is 12.1. The highest BCUT2D eigenvalue weighted by molar-refractivity contribution is 5.95. The molecule has 1 N–H and O–H groups in total. The van der Waals surface area contributed by atoms with E-state index in [1.165, 1.54) is 0 Å². The van der Waals surface area contributed by atoms with E-state index in [-0.39, 0.29) is 0 Å². The lowest BCUT2D eigenvalue weighted by atomic mass is 10.0. The fourth-order valence-electron chi connectivity index (χ4n) is 2.80. The molecule has 4 aromatic rings. The summed E-state index contributed by atoms with van der Waals surface area (Å²) in [5.41, 5.74) is 2.72. The maximum atomic E-state index is 6.04. The number of pyridine rings is 1. The number of aromatic nitrogens is 3. The van der Waals surface area contributed by atoms with Crippen LogP contribution in [-0.2, 0) is 4.74 Å². The van der Waals surface area contributed by atoms with Crippen molar-refractivity contribution in [2.45, 2.75) is 0 Å². The Hall–Kier alpha value is -2.92. The van der Waals surface area contributed by atoms with E-state index in [1.54, 1.807) is 19.5 Å². The lowest BCUT2D eigenvalue weighted by molar-refractivity contribution is 0.147. The van der Waals surface area contributed by atoms with Crippen LogP contribution in [0.15, 0.2) is 54.9 Å². The monoisotopic (exact) mass is 319 g/mol. The van der Waals surface area contributed by atoms with Gasteiger partial charge in [0.15, 0.2) is 0 Å². The fraction of sp³-hybridized carbons (Fsp3) is 0.158. The molecule has 0 saturated heterocycles. The number of nitrogens with zero attached hydrogens (tertiary/aromatic N) is 2. The summed E-state index contributed by atoms with van der Waals surface area (Å²) < 4.78 is 11.2. The second kappa shape index (κ2) is 6.29. The van der Waals surface area contributed by atoms with E-state index in [0.29, 0.717) is 13.2 Å². The van der Waals surface area contributed by atoms with Crippen LogP contribution in [0.25, 0.3) is 33.2 Å². The zero-order chi connectivity index (χ0) is 16.4. The van der Waals surface area contributed by atoms with Gasteiger partial charge in [0.1, 0.15) is 23.7 Å². The molecule has 120 valence electrons. The molecule has 2 heterocycles. The average molecular weight is 319 g/mol. The molecule has 2 aromatic heterocycles. The van der Waals surface area contributed by atoms with Crippen molar-refractivity contribution < 1.29 is 9.47 Å². The smallest absolute Gasteiger partial charge is 0.142 e. The molecule has 5 nitrogen and oxygen atoms in total. The summed E-state index contributed by atoms with van der Waals surface area (Å²) >= 11 is 0. The minimum Gasteiger partial charge on any atom is -0.490 e. The minimum atomic E-state index is 0.485. The maximum absolute atomic E-state index is 6.04. The maximum Gasteiger partial charge on any atom is 0.142 e. The van der Waals surface area contributed by atoms with Crippen LogP contribution in [0.1, 0.15) is 0 Å². The molecule has 0 spiro atoms. The van der Waals surface area contributed by atoms with Gasteiger partial charge in [0, 0.05) is 18.7 Å². The Morgan fingerprint density at radius 1 is 1.04 bits per heavy atom. The lowest BCUT2D eigenvalue weighted by Crippen LogP contribution is -2.05. The highest BCUT2D eigenvalue weighted by Crippen LogP contribution is 2.36. The molecular weight excluding hydrogens is 302 g/mol. The zero-order valence-electron chi connectivity index (χ0n) is 13.3. The number of rotatable bonds is 5. The molecule has 0 aliphatic heterocycles. The van der Waals surface area contributed by atoms with Gasteiger partial charge in [0.2, 0.25) is 0 Å². The van der Waals surface area contributed by atoms with Gasteiger partial charge in [0.05, 0.1) is 23.9 Å².